The summed E-state index contributed by atoms with van der Waals surface area (Å²) < 4.78 is 8.29. The van der Waals surface area contributed by atoms with Crippen molar-refractivity contribution in [2.45, 2.75) is 27.7 Å². The average Bonchev–Trinajstić information content (AvgIpc) is 3.35. The fourth-order valence-corrected chi connectivity index (χ4v) is 4.83. The van der Waals surface area contributed by atoms with Crippen LogP contribution in [0.3, 0.4) is 0 Å². The Balaban J connectivity index is 1.71. The number of carbonyl (C=O) groups is 1. The molecule has 1 amide bonds. The third-order valence-corrected chi connectivity index (χ3v) is 6.56. The van der Waals surface area contributed by atoms with Crippen molar-refractivity contribution in [2.24, 2.45) is 11.8 Å². The first-order valence-electron chi connectivity index (χ1n) is 11.5. The normalized spacial score (nSPS) is 15.2. The molecule has 2 aromatic carbocycles. The van der Waals surface area contributed by atoms with Gasteiger partial charge < -0.3 is 4.74 Å². The molecule has 1 fully saturated rings. The molecule has 0 N–H and O–H groups in total. The van der Waals surface area contributed by atoms with Crippen LogP contribution in [-0.2, 0) is 4.79 Å². The van der Waals surface area contributed by atoms with Crippen molar-refractivity contribution >= 4 is 40.3 Å². The van der Waals surface area contributed by atoms with Gasteiger partial charge in [-0.3, -0.25) is 9.69 Å². The van der Waals surface area contributed by atoms with Gasteiger partial charge in [0.1, 0.15) is 10.1 Å². The molecule has 4 rings (SSSR count). The highest BCUT2D eigenvalue weighted by molar-refractivity contribution is 8.26. The fraction of sp³-hybridized carbons (Fsp3) is 0.296. The SMILES string of the molecule is CC(C)COc1ccc(-c2nn(-c3ccccc3)cc2/C=C2\SC(=S)N(CC(C)C)C2=O)cc1. The lowest BCUT2D eigenvalue weighted by molar-refractivity contribution is -0.122. The third-order valence-electron chi connectivity index (χ3n) is 5.18. The number of nitrogens with zero attached hydrogens (tertiary/aromatic N) is 3. The van der Waals surface area contributed by atoms with Crippen molar-refractivity contribution in [3.05, 3.63) is 71.3 Å². The maximum atomic E-state index is 13.1. The van der Waals surface area contributed by atoms with Crippen LogP contribution in [0.2, 0.25) is 0 Å². The number of thioether (sulfide) groups is 1. The van der Waals surface area contributed by atoms with Gasteiger partial charge in [0.2, 0.25) is 0 Å². The van der Waals surface area contributed by atoms with E-state index in [2.05, 4.69) is 27.7 Å². The maximum Gasteiger partial charge on any atom is 0.266 e. The lowest BCUT2D eigenvalue weighted by Crippen LogP contribution is -2.31. The van der Waals surface area contributed by atoms with Gasteiger partial charge in [0.15, 0.2) is 0 Å². The van der Waals surface area contributed by atoms with Crippen LogP contribution < -0.4 is 4.74 Å². The first-order valence-corrected chi connectivity index (χ1v) is 12.7. The van der Waals surface area contributed by atoms with Gasteiger partial charge in [-0.15, -0.1) is 0 Å². The quantitative estimate of drug-likeness (QED) is 0.268. The molecule has 5 nitrogen and oxygen atoms in total. The van der Waals surface area contributed by atoms with Crippen LogP contribution >= 0.6 is 24.0 Å². The van der Waals surface area contributed by atoms with Gasteiger partial charge in [0.05, 0.1) is 22.9 Å². The second-order valence-corrected chi connectivity index (χ2v) is 10.8. The zero-order valence-electron chi connectivity index (χ0n) is 19.9. The highest BCUT2D eigenvalue weighted by Crippen LogP contribution is 2.35. The van der Waals surface area contributed by atoms with E-state index < -0.39 is 0 Å². The predicted molar refractivity (Wildman–Crippen MR) is 144 cm³/mol. The van der Waals surface area contributed by atoms with Gasteiger partial charge in [-0.2, -0.15) is 5.10 Å². The van der Waals surface area contributed by atoms with Gasteiger partial charge >= 0.3 is 0 Å². The molecule has 0 aliphatic carbocycles. The van der Waals surface area contributed by atoms with Gasteiger partial charge in [-0.05, 0) is 54.3 Å². The number of benzene rings is 2. The second-order valence-electron chi connectivity index (χ2n) is 9.13. The summed E-state index contributed by atoms with van der Waals surface area (Å²) in [4.78, 5) is 15.4. The van der Waals surface area contributed by atoms with E-state index in [4.69, 9.17) is 22.1 Å². The number of carbonyl (C=O) groups excluding carboxylic acids is 1. The average molecular weight is 492 g/mol. The summed E-state index contributed by atoms with van der Waals surface area (Å²) in [5, 5.41) is 4.87. The Bertz CT molecular complexity index is 1200. The molecule has 1 saturated heterocycles. The number of ether oxygens (including phenoxy) is 1. The minimum absolute atomic E-state index is 0.0421. The van der Waals surface area contributed by atoms with E-state index in [1.54, 1.807) is 4.90 Å². The molecule has 7 heteroatoms. The molecule has 176 valence electrons. The monoisotopic (exact) mass is 491 g/mol. The number of hydrogen-bond acceptors (Lipinski definition) is 5. The van der Waals surface area contributed by atoms with E-state index >= 15 is 0 Å². The lowest BCUT2D eigenvalue weighted by atomic mass is 10.1. The van der Waals surface area contributed by atoms with Crippen LogP contribution in [0.5, 0.6) is 5.75 Å². The summed E-state index contributed by atoms with van der Waals surface area (Å²) in [6.45, 7) is 9.71. The van der Waals surface area contributed by atoms with Crippen molar-refractivity contribution < 1.29 is 9.53 Å². The summed E-state index contributed by atoms with van der Waals surface area (Å²) in [6, 6.07) is 17.9. The van der Waals surface area contributed by atoms with Crippen LogP contribution in [0.4, 0.5) is 0 Å². The summed E-state index contributed by atoms with van der Waals surface area (Å²) in [7, 11) is 0. The predicted octanol–water partition coefficient (Wildman–Crippen LogP) is 6.43. The molecule has 2 heterocycles. The Morgan fingerprint density at radius 3 is 2.38 bits per heavy atom. The summed E-state index contributed by atoms with van der Waals surface area (Å²) in [5.41, 5.74) is 3.57. The molecule has 34 heavy (non-hydrogen) atoms. The number of rotatable bonds is 8. The standard InChI is InChI=1S/C27H29N3O2S2/c1-18(2)15-29-26(31)24(34-27(29)33)14-21-16-30(22-8-6-5-7-9-22)28-25(21)20-10-12-23(13-11-20)32-17-19(3)4/h5-14,16,18-19H,15,17H2,1-4H3/b24-14-. The molecule has 0 bridgehead atoms. The van der Waals surface area contributed by atoms with Crippen molar-refractivity contribution in [1.82, 2.24) is 14.7 Å². The zero-order chi connectivity index (χ0) is 24.2. The number of aromatic nitrogens is 2. The molecule has 0 atom stereocenters. The fourth-order valence-electron chi connectivity index (χ4n) is 3.57. The smallest absolute Gasteiger partial charge is 0.266 e. The Kier molecular flexibility index (Phi) is 7.54. The largest absolute Gasteiger partial charge is 0.493 e. The first-order chi connectivity index (χ1) is 16.3. The van der Waals surface area contributed by atoms with Crippen molar-refractivity contribution in [3.8, 4) is 22.7 Å². The van der Waals surface area contributed by atoms with Gasteiger partial charge in [0, 0.05) is 23.9 Å². The van der Waals surface area contributed by atoms with Crippen LogP contribution in [0.15, 0.2) is 65.7 Å². The summed E-state index contributed by atoms with van der Waals surface area (Å²) in [6.07, 6.45) is 3.87. The van der Waals surface area contributed by atoms with Crippen molar-refractivity contribution in [2.75, 3.05) is 13.2 Å². The molecular weight excluding hydrogens is 462 g/mol. The third kappa shape index (κ3) is 5.59. The number of amides is 1. The van der Waals surface area contributed by atoms with E-state index in [0.717, 1.165) is 28.3 Å². The maximum absolute atomic E-state index is 13.1. The topological polar surface area (TPSA) is 47.4 Å². The molecule has 0 radical (unpaired) electrons. The van der Waals surface area contributed by atoms with E-state index in [0.29, 0.717) is 34.2 Å². The van der Waals surface area contributed by atoms with Crippen molar-refractivity contribution in [3.63, 3.8) is 0 Å². The highest BCUT2D eigenvalue weighted by atomic mass is 32.2. The molecule has 1 aliphatic heterocycles. The Morgan fingerprint density at radius 1 is 1.03 bits per heavy atom. The van der Waals surface area contributed by atoms with Gasteiger partial charge in [-0.25, -0.2) is 4.68 Å². The lowest BCUT2D eigenvalue weighted by Gasteiger charge is -2.16. The molecule has 1 aliphatic rings. The zero-order valence-corrected chi connectivity index (χ0v) is 21.5. The Morgan fingerprint density at radius 2 is 1.74 bits per heavy atom. The minimum Gasteiger partial charge on any atom is -0.493 e. The van der Waals surface area contributed by atoms with Crippen LogP contribution in [-0.4, -0.2) is 38.1 Å². The number of hydrogen-bond donors (Lipinski definition) is 0. The number of thiocarbonyl (C=S) groups is 1. The highest BCUT2D eigenvalue weighted by Gasteiger charge is 2.32. The summed E-state index contributed by atoms with van der Waals surface area (Å²) in [5.74, 6) is 1.59. The molecule has 0 saturated carbocycles. The van der Waals surface area contributed by atoms with Crippen LogP contribution in [0.1, 0.15) is 33.3 Å². The Labute approximate surface area is 210 Å². The first kappa shape index (κ1) is 24.2. The Hall–Kier alpha value is -2.90. The van der Waals surface area contributed by atoms with E-state index in [1.165, 1.54) is 11.8 Å². The van der Waals surface area contributed by atoms with Gasteiger partial charge in [0.25, 0.3) is 5.91 Å². The van der Waals surface area contributed by atoms with E-state index in [9.17, 15) is 4.79 Å². The van der Waals surface area contributed by atoms with E-state index in [1.807, 2.05) is 71.6 Å². The molecule has 0 unspecified atom stereocenters. The molecular formula is C27H29N3O2S2. The second kappa shape index (κ2) is 10.6. The number of para-hydroxylation sites is 1. The molecule has 3 aromatic rings. The molecule has 0 spiro atoms. The molecule has 1 aromatic heterocycles. The van der Waals surface area contributed by atoms with Gasteiger partial charge in [-0.1, -0.05) is 69.9 Å². The van der Waals surface area contributed by atoms with Crippen LogP contribution in [0.25, 0.3) is 23.0 Å². The van der Waals surface area contributed by atoms with Crippen LogP contribution in [0, 0.1) is 11.8 Å². The summed E-state index contributed by atoms with van der Waals surface area (Å²) >= 11 is 6.84. The minimum atomic E-state index is -0.0421. The van der Waals surface area contributed by atoms with Crippen molar-refractivity contribution in [1.29, 1.82) is 0 Å². The van der Waals surface area contributed by atoms with E-state index in [-0.39, 0.29) is 5.91 Å².